The molecule has 0 aromatic heterocycles. The molecule has 0 radical (unpaired) electrons. The van der Waals surface area contributed by atoms with E-state index in [0.717, 1.165) is 19.3 Å². The Morgan fingerprint density at radius 3 is 1.89 bits per heavy atom. The quantitative estimate of drug-likeness (QED) is 0.845. The fourth-order valence-electron chi connectivity index (χ4n) is 5.17. The molecule has 4 saturated carbocycles. The van der Waals surface area contributed by atoms with Gasteiger partial charge in [-0.3, -0.25) is 4.79 Å². The van der Waals surface area contributed by atoms with E-state index in [-0.39, 0.29) is 11.2 Å². The summed E-state index contributed by atoms with van der Waals surface area (Å²) in [6, 6.07) is 0. The van der Waals surface area contributed by atoms with Gasteiger partial charge >= 0.3 is 5.97 Å². The van der Waals surface area contributed by atoms with Gasteiger partial charge in [0.15, 0.2) is 9.84 Å². The molecule has 4 rings (SSSR count). The average Bonchev–Trinajstić information content (AvgIpc) is 2.09. The third kappa shape index (κ3) is 2.29. The summed E-state index contributed by atoms with van der Waals surface area (Å²) in [7, 11) is -3.44. The predicted molar refractivity (Wildman–Crippen MR) is 66.9 cm³/mol. The summed E-state index contributed by atoms with van der Waals surface area (Å²) in [6.07, 6.45) is 6.86. The van der Waals surface area contributed by atoms with Crippen molar-refractivity contribution in [1.82, 2.24) is 0 Å². The van der Waals surface area contributed by atoms with E-state index >= 15 is 0 Å². The van der Waals surface area contributed by atoms with Crippen LogP contribution in [-0.4, -0.2) is 31.0 Å². The molecule has 0 saturated heterocycles. The van der Waals surface area contributed by atoms with E-state index < -0.39 is 21.6 Å². The number of hydrogen-bond acceptors (Lipinski definition) is 3. The molecule has 102 valence electrons. The van der Waals surface area contributed by atoms with E-state index in [9.17, 15) is 13.2 Å². The standard InChI is InChI=1S/C13H20O4S/c14-12(15)7-18(16,17)8-13-4-9-1-10(5-13)3-11(2-9)6-13/h9-11H,1-8H2,(H,14,15). The molecule has 4 nitrogen and oxygen atoms in total. The van der Waals surface area contributed by atoms with Gasteiger partial charge in [0.1, 0.15) is 5.75 Å². The number of rotatable bonds is 4. The maximum Gasteiger partial charge on any atom is 0.318 e. The fourth-order valence-corrected chi connectivity index (χ4v) is 6.94. The summed E-state index contributed by atoms with van der Waals surface area (Å²) in [5.74, 6) is 0.299. The Kier molecular flexibility index (Phi) is 2.74. The van der Waals surface area contributed by atoms with Crippen molar-refractivity contribution in [2.75, 3.05) is 11.5 Å². The van der Waals surface area contributed by atoms with Crippen LogP contribution in [0.5, 0.6) is 0 Å². The van der Waals surface area contributed by atoms with E-state index in [4.69, 9.17) is 5.11 Å². The zero-order chi connectivity index (χ0) is 13.0. The molecule has 5 heteroatoms. The number of hydrogen-bond donors (Lipinski definition) is 1. The van der Waals surface area contributed by atoms with Gasteiger partial charge < -0.3 is 5.11 Å². The van der Waals surface area contributed by atoms with Crippen LogP contribution in [0.4, 0.5) is 0 Å². The van der Waals surface area contributed by atoms with Crippen molar-refractivity contribution in [3.63, 3.8) is 0 Å². The van der Waals surface area contributed by atoms with Crippen molar-refractivity contribution >= 4 is 15.8 Å². The molecule has 1 N–H and O–H groups in total. The molecular weight excluding hydrogens is 252 g/mol. The van der Waals surface area contributed by atoms with Crippen LogP contribution in [-0.2, 0) is 14.6 Å². The van der Waals surface area contributed by atoms with Crippen molar-refractivity contribution in [3.8, 4) is 0 Å². The summed E-state index contributed by atoms with van der Waals surface area (Å²) >= 11 is 0. The summed E-state index contributed by atoms with van der Waals surface area (Å²) in [5, 5.41) is 8.68. The van der Waals surface area contributed by atoms with E-state index in [1.54, 1.807) is 0 Å². The van der Waals surface area contributed by atoms with Gasteiger partial charge in [-0.05, 0) is 61.7 Å². The van der Waals surface area contributed by atoms with Crippen molar-refractivity contribution < 1.29 is 18.3 Å². The maximum absolute atomic E-state index is 11.9. The number of carbonyl (C=O) groups is 1. The normalized spacial score (nSPS) is 42.1. The van der Waals surface area contributed by atoms with E-state index in [1.807, 2.05) is 0 Å². The second kappa shape index (κ2) is 3.95. The minimum Gasteiger partial charge on any atom is -0.480 e. The Labute approximate surface area is 108 Å². The first kappa shape index (κ1) is 12.5. The van der Waals surface area contributed by atoms with Crippen LogP contribution in [0, 0.1) is 23.2 Å². The van der Waals surface area contributed by atoms with Crippen LogP contribution in [0.2, 0.25) is 0 Å². The molecule has 0 atom stereocenters. The fraction of sp³-hybridized carbons (Fsp3) is 0.923. The zero-order valence-corrected chi connectivity index (χ0v) is 11.3. The van der Waals surface area contributed by atoms with E-state index in [0.29, 0.717) is 17.8 Å². The molecule has 4 bridgehead atoms. The van der Waals surface area contributed by atoms with Gasteiger partial charge in [0, 0.05) is 0 Å². The first-order valence-corrected chi connectivity index (χ1v) is 8.60. The first-order chi connectivity index (χ1) is 8.36. The Bertz CT molecular complexity index is 430. The third-order valence-electron chi connectivity index (χ3n) is 5.03. The second-order valence-corrected chi connectivity index (χ2v) is 8.91. The molecule has 0 heterocycles. The van der Waals surface area contributed by atoms with Crippen molar-refractivity contribution in [2.45, 2.75) is 38.5 Å². The van der Waals surface area contributed by atoms with Crippen LogP contribution >= 0.6 is 0 Å². The summed E-state index contributed by atoms with van der Waals surface area (Å²) in [6.45, 7) is 0. The highest BCUT2D eigenvalue weighted by Gasteiger charge is 2.52. The van der Waals surface area contributed by atoms with Crippen LogP contribution in [0.15, 0.2) is 0 Å². The van der Waals surface area contributed by atoms with Crippen molar-refractivity contribution in [1.29, 1.82) is 0 Å². The van der Waals surface area contributed by atoms with Crippen LogP contribution in [0.1, 0.15) is 38.5 Å². The topological polar surface area (TPSA) is 71.4 Å². The molecule has 0 spiro atoms. The minimum absolute atomic E-state index is 0.0803. The Hall–Kier alpha value is -0.580. The highest BCUT2D eigenvalue weighted by atomic mass is 32.2. The van der Waals surface area contributed by atoms with Gasteiger partial charge in [-0.15, -0.1) is 0 Å². The summed E-state index contributed by atoms with van der Waals surface area (Å²) in [5.41, 5.74) is -0.0803. The van der Waals surface area contributed by atoms with Crippen molar-refractivity contribution in [3.05, 3.63) is 0 Å². The lowest BCUT2D eigenvalue weighted by molar-refractivity contribution is -0.134. The van der Waals surface area contributed by atoms with Crippen molar-refractivity contribution in [2.24, 2.45) is 23.2 Å². The van der Waals surface area contributed by atoms with Crippen LogP contribution in [0.3, 0.4) is 0 Å². The lowest BCUT2D eigenvalue weighted by Gasteiger charge is -2.56. The van der Waals surface area contributed by atoms with Gasteiger partial charge in [-0.25, -0.2) is 8.42 Å². The number of carboxylic acids is 1. The highest BCUT2D eigenvalue weighted by Crippen LogP contribution is 2.60. The largest absolute Gasteiger partial charge is 0.480 e. The van der Waals surface area contributed by atoms with E-state index in [1.165, 1.54) is 19.3 Å². The van der Waals surface area contributed by atoms with E-state index in [2.05, 4.69) is 0 Å². The molecular formula is C13H20O4S. The maximum atomic E-state index is 11.9. The molecule has 18 heavy (non-hydrogen) atoms. The molecule has 0 aliphatic heterocycles. The van der Waals surface area contributed by atoms with Gasteiger partial charge in [-0.1, -0.05) is 0 Å². The minimum atomic E-state index is -3.44. The Morgan fingerprint density at radius 2 is 1.50 bits per heavy atom. The summed E-state index contributed by atoms with van der Waals surface area (Å²) in [4.78, 5) is 10.6. The number of sulfone groups is 1. The lowest BCUT2D eigenvalue weighted by Crippen LogP contribution is -2.49. The first-order valence-electron chi connectivity index (χ1n) is 6.78. The molecule has 0 aromatic carbocycles. The zero-order valence-electron chi connectivity index (χ0n) is 10.5. The lowest BCUT2D eigenvalue weighted by atomic mass is 9.50. The predicted octanol–water partition coefficient (Wildman–Crippen LogP) is 1.70. The molecule has 4 fully saturated rings. The number of carboxylic acid groups (broad SMARTS) is 1. The smallest absolute Gasteiger partial charge is 0.318 e. The third-order valence-corrected chi connectivity index (χ3v) is 6.77. The molecule has 4 aliphatic carbocycles. The van der Waals surface area contributed by atoms with Crippen LogP contribution < -0.4 is 0 Å². The molecule has 0 amide bonds. The van der Waals surface area contributed by atoms with Gasteiger partial charge in [0.25, 0.3) is 0 Å². The Morgan fingerprint density at radius 1 is 1.06 bits per heavy atom. The second-order valence-electron chi connectivity index (χ2n) is 6.84. The Balaban J connectivity index is 1.78. The molecule has 4 aliphatic rings. The van der Waals surface area contributed by atoms with Crippen LogP contribution in [0.25, 0.3) is 0 Å². The highest BCUT2D eigenvalue weighted by molar-refractivity contribution is 7.92. The molecule has 0 aromatic rings. The van der Waals surface area contributed by atoms with Gasteiger partial charge in [0.2, 0.25) is 0 Å². The summed E-state index contributed by atoms with van der Waals surface area (Å²) < 4.78 is 23.9. The average molecular weight is 272 g/mol. The molecule has 0 unspecified atom stereocenters. The SMILES string of the molecule is O=C(O)CS(=O)(=O)CC12CC3CC(CC(C3)C1)C2. The monoisotopic (exact) mass is 272 g/mol. The number of aliphatic carboxylic acids is 1. The van der Waals surface area contributed by atoms with Gasteiger partial charge in [-0.2, -0.15) is 0 Å². The van der Waals surface area contributed by atoms with Gasteiger partial charge in [0.05, 0.1) is 5.75 Å².